The minimum absolute atomic E-state index is 0.0686. The van der Waals surface area contributed by atoms with Gasteiger partial charge in [0.05, 0.1) is 10.0 Å². The first-order chi connectivity index (χ1) is 8.09. The van der Waals surface area contributed by atoms with Crippen molar-refractivity contribution in [2.75, 3.05) is 0 Å². The van der Waals surface area contributed by atoms with Crippen LogP contribution in [-0.4, -0.2) is 10.9 Å². The smallest absolute Gasteiger partial charge is 0.196 e. The van der Waals surface area contributed by atoms with Crippen LogP contribution in [0.4, 0.5) is 4.39 Å². The first kappa shape index (κ1) is 11.8. The molecule has 0 saturated heterocycles. The van der Waals surface area contributed by atoms with Gasteiger partial charge in [0, 0.05) is 11.6 Å². The molecule has 0 heterocycles. The highest BCUT2D eigenvalue weighted by atomic mass is 79.9. The summed E-state index contributed by atoms with van der Waals surface area (Å²) in [7, 11) is 0. The van der Waals surface area contributed by atoms with Crippen LogP contribution >= 0.6 is 15.9 Å². The molecule has 17 heavy (non-hydrogen) atoms. The molecule has 0 radical (unpaired) electrons. The first-order valence-corrected chi connectivity index (χ1v) is 5.66. The van der Waals surface area contributed by atoms with Crippen LogP contribution in [0.3, 0.4) is 0 Å². The Bertz CT molecular complexity index is 567. The summed E-state index contributed by atoms with van der Waals surface area (Å²) in [5.74, 6) is -1.38. The molecule has 0 atom stereocenters. The van der Waals surface area contributed by atoms with E-state index in [1.807, 2.05) is 0 Å². The fraction of sp³-hybridized carbons (Fsp3) is 0. The van der Waals surface area contributed by atoms with Crippen molar-refractivity contribution in [2.45, 2.75) is 0 Å². The van der Waals surface area contributed by atoms with Crippen molar-refractivity contribution in [2.24, 2.45) is 0 Å². The van der Waals surface area contributed by atoms with E-state index in [0.29, 0.717) is 5.56 Å². The molecule has 2 nitrogen and oxygen atoms in total. The Morgan fingerprint density at radius 1 is 1.18 bits per heavy atom. The fourth-order valence-corrected chi connectivity index (χ4v) is 1.80. The van der Waals surface area contributed by atoms with Crippen molar-refractivity contribution in [3.05, 3.63) is 63.9 Å². The van der Waals surface area contributed by atoms with Gasteiger partial charge < -0.3 is 5.11 Å². The lowest BCUT2D eigenvalue weighted by atomic mass is 10.0. The van der Waals surface area contributed by atoms with Crippen molar-refractivity contribution < 1.29 is 14.3 Å². The van der Waals surface area contributed by atoms with Gasteiger partial charge in [-0.2, -0.15) is 0 Å². The van der Waals surface area contributed by atoms with E-state index in [0.717, 1.165) is 6.07 Å². The predicted molar refractivity (Wildman–Crippen MR) is 65.6 cm³/mol. The average Bonchev–Trinajstić information content (AvgIpc) is 2.34. The average molecular weight is 295 g/mol. The van der Waals surface area contributed by atoms with E-state index in [1.165, 1.54) is 6.07 Å². The lowest BCUT2D eigenvalue weighted by Crippen LogP contribution is -2.04. The number of carbonyl (C=O) groups is 1. The lowest BCUT2D eigenvalue weighted by molar-refractivity contribution is 0.103. The molecule has 0 fully saturated rings. The van der Waals surface area contributed by atoms with Gasteiger partial charge in [0.2, 0.25) is 0 Å². The van der Waals surface area contributed by atoms with Crippen molar-refractivity contribution in [3.8, 4) is 5.75 Å². The maximum Gasteiger partial charge on any atom is 0.196 e. The minimum Gasteiger partial charge on any atom is -0.507 e. The molecular weight excluding hydrogens is 287 g/mol. The molecular formula is C13H8BrFO2. The van der Waals surface area contributed by atoms with Crippen LogP contribution in [0.2, 0.25) is 0 Å². The van der Waals surface area contributed by atoms with E-state index in [1.54, 1.807) is 30.3 Å². The van der Waals surface area contributed by atoms with Crippen LogP contribution in [-0.2, 0) is 0 Å². The number of benzene rings is 2. The Balaban J connectivity index is 2.48. The summed E-state index contributed by atoms with van der Waals surface area (Å²) >= 11 is 3.05. The van der Waals surface area contributed by atoms with Crippen molar-refractivity contribution >= 4 is 21.7 Å². The lowest BCUT2D eigenvalue weighted by Gasteiger charge is -2.05. The second kappa shape index (κ2) is 4.67. The molecule has 0 saturated carbocycles. The molecule has 0 bridgehead atoms. The third kappa shape index (κ3) is 2.36. The van der Waals surface area contributed by atoms with Gasteiger partial charge in [0.25, 0.3) is 0 Å². The maximum absolute atomic E-state index is 13.6. The van der Waals surface area contributed by atoms with E-state index in [2.05, 4.69) is 15.9 Å². The monoisotopic (exact) mass is 294 g/mol. The summed E-state index contributed by atoms with van der Waals surface area (Å²) in [5, 5.41) is 9.28. The number of halogens is 2. The molecule has 0 amide bonds. The summed E-state index contributed by atoms with van der Waals surface area (Å²) in [6, 6.07) is 10.6. The van der Waals surface area contributed by atoms with Crippen LogP contribution < -0.4 is 0 Å². The van der Waals surface area contributed by atoms with E-state index in [-0.39, 0.29) is 15.8 Å². The van der Waals surface area contributed by atoms with E-state index in [4.69, 9.17) is 0 Å². The van der Waals surface area contributed by atoms with Gasteiger partial charge >= 0.3 is 0 Å². The molecule has 0 unspecified atom stereocenters. The summed E-state index contributed by atoms with van der Waals surface area (Å²) < 4.78 is 13.9. The van der Waals surface area contributed by atoms with Gasteiger partial charge in [-0.3, -0.25) is 4.79 Å². The molecule has 4 heteroatoms. The zero-order chi connectivity index (χ0) is 12.4. The molecule has 0 aromatic heterocycles. The first-order valence-electron chi connectivity index (χ1n) is 4.87. The Hall–Kier alpha value is -1.68. The molecule has 1 N–H and O–H groups in total. The quantitative estimate of drug-likeness (QED) is 0.861. The topological polar surface area (TPSA) is 37.3 Å². The number of phenolic OH excluding ortho intramolecular Hbond substituents is 1. The van der Waals surface area contributed by atoms with Gasteiger partial charge in [0.15, 0.2) is 5.78 Å². The molecule has 0 aliphatic heterocycles. The summed E-state index contributed by atoms with van der Waals surface area (Å²) in [5.41, 5.74) is 0.338. The Morgan fingerprint density at radius 2 is 1.82 bits per heavy atom. The third-order valence-corrected chi connectivity index (χ3v) is 2.95. The molecule has 0 aliphatic rings. The highest BCUT2D eigenvalue weighted by molar-refractivity contribution is 9.10. The number of hydrogen-bond donors (Lipinski definition) is 1. The van der Waals surface area contributed by atoms with Crippen molar-refractivity contribution in [1.29, 1.82) is 0 Å². The van der Waals surface area contributed by atoms with E-state index >= 15 is 0 Å². The number of rotatable bonds is 2. The van der Waals surface area contributed by atoms with E-state index < -0.39 is 11.6 Å². The van der Waals surface area contributed by atoms with Crippen LogP contribution in [0, 0.1) is 5.82 Å². The minimum atomic E-state index is -0.737. The summed E-state index contributed by atoms with van der Waals surface area (Å²) in [6.07, 6.45) is 0. The highest BCUT2D eigenvalue weighted by Crippen LogP contribution is 2.27. The highest BCUT2D eigenvalue weighted by Gasteiger charge is 2.16. The van der Waals surface area contributed by atoms with E-state index in [9.17, 15) is 14.3 Å². The molecule has 2 aromatic rings. The van der Waals surface area contributed by atoms with Crippen molar-refractivity contribution in [3.63, 3.8) is 0 Å². The van der Waals surface area contributed by atoms with Gasteiger partial charge in [-0.1, -0.05) is 30.3 Å². The largest absolute Gasteiger partial charge is 0.507 e. The molecule has 2 aromatic carbocycles. The maximum atomic E-state index is 13.6. The SMILES string of the molecule is O=C(c1ccccc1)c1cc(Br)c(O)cc1F. The second-order valence-corrected chi connectivity index (χ2v) is 4.33. The van der Waals surface area contributed by atoms with Gasteiger partial charge in [0.1, 0.15) is 11.6 Å². The molecule has 2 rings (SSSR count). The van der Waals surface area contributed by atoms with Crippen molar-refractivity contribution in [1.82, 2.24) is 0 Å². The molecule has 86 valence electrons. The van der Waals surface area contributed by atoms with Crippen LogP contribution in [0.5, 0.6) is 5.75 Å². The van der Waals surface area contributed by atoms with Gasteiger partial charge in [-0.15, -0.1) is 0 Å². The van der Waals surface area contributed by atoms with Gasteiger partial charge in [-0.05, 0) is 22.0 Å². The summed E-state index contributed by atoms with van der Waals surface area (Å²) in [4.78, 5) is 12.0. The summed E-state index contributed by atoms with van der Waals surface area (Å²) in [6.45, 7) is 0. The zero-order valence-electron chi connectivity index (χ0n) is 8.65. The predicted octanol–water partition coefficient (Wildman–Crippen LogP) is 3.52. The van der Waals surface area contributed by atoms with Crippen LogP contribution in [0.1, 0.15) is 15.9 Å². The third-order valence-electron chi connectivity index (χ3n) is 2.32. The second-order valence-electron chi connectivity index (χ2n) is 3.48. The molecule has 0 aliphatic carbocycles. The van der Waals surface area contributed by atoms with Gasteiger partial charge in [-0.25, -0.2) is 4.39 Å². The van der Waals surface area contributed by atoms with Crippen LogP contribution in [0.15, 0.2) is 46.9 Å². The molecule has 0 spiro atoms. The number of ketones is 1. The Kier molecular flexibility index (Phi) is 3.24. The number of hydrogen-bond acceptors (Lipinski definition) is 2. The van der Waals surface area contributed by atoms with Crippen LogP contribution in [0.25, 0.3) is 0 Å². The zero-order valence-corrected chi connectivity index (χ0v) is 10.2. The normalized spacial score (nSPS) is 10.2. The Morgan fingerprint density at radius 3 is 2.47 bits per heavy atom. The number of aromatic hydroxyl groups is 1. The fourth-order valence-electron chi connectivity index (χ4n) is 1.46. The standard InChI is InChI=1S/C13H8BrFO2/c14-10-6-9(11(15)7-12(10)16)13(17)8-4-2-1-3-5-8/h1-7,16H. The Labute approximate surface area is 106 Å². The number of carbonyl (C=O) groups excluding carboxylic acids is 1. The number of phenols is 1.